The van der Waals surface area contributed by atoms with Gasteiger partial charge in [0.05, 0.1) is 5.75 Å². The van der Waals surface area contributed by atoms with Gasteiger partial charge >= 0.3 is 6.18 Å². The van der Waals surface area contributed by atoms with Crippen LogP contribution in [0.5, 0.6) is 0 Å². The minimum atomic E-state index is -4.66. The van der Waals surface area contributed by atoms with Gasteiger partial charge in [-0.25, -0.2) is 4.68 Å². The molecule has 0 radical (unpaired) electrons. The van der Waals surface area contributed by atoms with Crippen molar-refractivity contribution in [3.63, 3.8) is 0 Å². The highest BCUT2D eigenvalue weighted by Crippen LogP contribution is 2.44. The van der Waals surface area contributed by atoms with Crippen molar-refractivity contribution in [1.82, 2.24) is 20.2 Å². The summed E-state index contributed by atoms with van der Waals surface area (Å²) in [4.78, 5) is 12.0. The minimum Gasteiger partial charge on any atom is -0.352 e. The molecule has 1 heterocycles. The molecule has 2 aliphatic carbocycles. The van der Waals surface area contributed by atoms with Crippen molar-refractivity contribution in [3.05, 3.63) is 5.82 Å². The number of carbonyl (C=O) groups is 1. The lowest BCUT2D eigenvalue weighted by Gasteiger charge is -2.17. The number of thioether (sulfide) groups is 1. The molecule has 0 atom stereocenters. The van der Waals surface area contributed by atoms with E-state index in [-0.39, 0.29) is 22.9 Å². The highest BCUT2D eigenvalue weighted by Gasteiger charge is 2.42. The van der Waals surface area contributed by atoms with Gasteiger partial charge < -0.3 is 11.2 Å². The van der Waals surface area contributed by atoms with Crippen LogP contribution in [-0.2, 0) is 11.0 Å². The zero-order chi connectivity index (χ0) is 15.9. The first kappa shape index (κ1) is 15.4. The van der Waals surface area contributed by atoms with Crippen LogP contribution in [0.15, 0.2) is 5.16 Å². The molecule has 1 aromatic rings. The van der Waals surface area contributed by atoms with Gasteiger partial charge in [-0.1, -0.05) is 11.8 Å². The Balaban J connectivity index is 1.53. The number of hydrogen-bond acceptors (Lipinski definition) is 5. The second-order valence-electron chi connectivity index (χ2n) is 5.73. The van der Waals surface area contributed by atoms with Gasteiger partial charge in [-0.15, -0.1) is 10.2 Å². The molecule has 0 unspecified atom stereocenters. The third-order valence-electron chi connectivity index (χ3n) is 3.84. The van der Waals surface area contributed by atoms with Gasteiger partial charge in [0.2, 0.25) is 11.1 Å². The molecule has 0 spiro atoms. The lowest BCUT2D eigenvalue weighted by atomic mass is 10.1. The van der Waals surface area contributed by atoms with Crippen molar-refractivity contribution in [2.24, 2.45) is 11.8 Å². The predicted octanol–water partition coefficient (Wildman–Crippen LogP) is 1.41. The normalized spacial score (nSPS) is 18.7. The fourth-order valence-electron chi connectivity index (χ4n) is 2.46. The summed E-state index contributed by atoms with van der Waals surface area (Å²) < 4.78 is 38.0. The standard InChI is InChI=1S/C12H16F3N5OS/c13-12(14,15)10-18-19-11(20(10)16)22-5-8(21)17-9(6-1-2-6)7-3-4-7/h6-7,9H,1-5,16H2,(H,17,21). The first-order valence-electron chi connectivity index (χ1n) is 7.06. The van der Waals surface area contributed by atoms with Crippen molar-refractivity contribution in [2.75, 3.05) is 11.6 Å². The summed E-state index contributed by atoms with van der Waals surface area (Å²) in [5.74, 6) is 4.94. The molecular formula is C12H16F3N5OS. The molecule has 122 valence electrons. The number of nitrogens with two attached hydrogens (primary N) is 1. The lowest BCUT2D eigenvalue weighted by Crippen LogP contribution is -2.39. The number of amides is 1. The molecule has 0 aliphatic heterocycles. The molecule has 2 fully saturated rings. The van der Waals surface area contributed by atoms with Crippen LogP contribution in [0.3, 0.4) is 0 Å². The van der Waals surface area contributed by atoms with Crippen LogP contribution in [0.25, 0.3) is 0 Å². The van der Waals surface area contributed by atoms with Gasteiger partial charge in [0.15, 0.2) is 0 Å². The van der Waals surface area contributed by atoms with Crippen LogP contribution in [0.1, 0.15) is 31.5 Å². The lowest BCUT2D eigenvalue weighted by molar-refractivity contribution is -0.146. The third-order valence-corrected chi connectivity index (χ3v) is 4.78. The number of hydrogen-bond donors (Lipinski definition) is 2. The summed E-state index contributed by atoms with van der Waals surface area (Å²) in [6.07, 6.45) is -0.103. The van der Waals surface area contributed by atoms with Crippen molar-refractivity contribution >= 4 is 17.7 Å². The number of halogens is 3. The summed E-state index contributed by atoms with van der Waals surface area (Å²) in [7, 11) is 0. The summed E-state index contributed by atoms with van der Waals surface area (Å²) in [5.41, 5.74) is 0. The molecule has 6 nitrogen and oxygen atoms in total. The number of nitrogens with one attached hydrogen (secondary N) is 1. The van der Waals surface area contributed by atoms with E-state index in [4.69, 9.17) is 5.84 Å². The molecule has 22 heavy (non-hydrogen) atoms. The molecule has 2 saturated carbocycles. The first-order chi connectivity index (χ1) is 10.4. The Bertz CT molecular complexity index is 556. The van der Waals surface area contributed by atoms with E-state index in [9.17, 15) is 18.0 Å². The number of alkyl halides is 3. The number of aromatic nitrogens is 3. The van der Waals surface area contributed by atoms with Gasteiger partial charge in [0.1, 0.15) is 0 Å². The molecule has 0 bridgehead atoms. The van der Waals surface area contributed by atoms with E-state index < -0.39 is 12.0 Å². The Labute approximate surface area is 129 Å². The van der Waals surface area contributed by atoms with Gasteiger partial charge in [0.25, 0.3) is 5.82 Å². The Hall–Kier alpha value is -1.45. The first-order valence-corrected chi connectivity index (χ1v) is 8.04. The quantitative estimate of drug-likeness (QED) is 0.606. The van der Waals surface area contributed by atoms with Crippen LogP contribution in [0, 0.1) is 11.8 Å². The highest BCUT2D eigenvalue weighted by molar-refractivity contribution is 7.99. The zero-order valence-corrected chi connectivity index (χ0v) is 12.5. The van der Waals surface area contributed by atoms with E-state index in [1.165, 1.54) is 0 Å². The number of nitrogens with zero attached hydrogens (tertiary/aromatic N) is 3. The van der Waals surface area contributed by atoms with Crippen molar-refractivity contribution < 1.29 is 18.0 Å². The van der Waals surface area contributed by atoms with Crippen LogP contribution in [0.2, 0.25) is 0 Å². The fraction of sp³-hybridized carbons (Fsp3) is 0.750. The summed E-state index contributed by atoms with van der Waals surface area (Å²) >= 11 is 0.851. The van der Waals surface area contributed by atoms with Crippen LogP contribution < -0.4 is 11.2 Å². The molecule has 2 aliphatic rings. The maximum atomic E-state index is 12.5. The van der Waals surface area contributed by atoms with Crippen LogP contribution in [-0.4, -0.2) is 32.6 Å². The number of nitrogen functional groups attached to an aromatic ring is 1. The number of rotatable bonds is 6. The maximum absolute atomic E-state index is 12.5. The Morgan fingerprint density at radius 1 is 1.32 bits per heavy atom. The SMILES string of the molecule is Nn1c(SCC(=O)NC(C2CC2)C2CC2)nnc1C(F)(F)F. The molecule has 3 N–H and O–H groups in total. The van der Waals surface area contributed by atoms with Crippen molar-refractivity contribution in [1.29, 1.82) is 0 Å². The van der Waals surface area contributed by atoms with Crippen LogP contribution in [0.4, 0.5) is 13.2 Å². The Morgan fingerprint density at radius 2 is 1.91 bits per heavy atom. The van der Waals surface area contributed by atoms with E-state index in [1.54, 1.807) is 0 Å². The van der Waals surface area contributed by atoms with Gasteiger partial charge in [-0.05, 0) is 37.5 Å². The molecular weight excluding hydrogens is 319 g/mol. The fourth-order valence-corrected chi connectivity index (χ4v) is 3.13. The van der Waals surface area contributed by atoms with Crippen LogP contribution >= 0.6 is 11.8 Å². The second kappa shape index (κ2) is 5.64. The monoisotopic (exact) mass is 335 g/mol. The molecule has 0 aromatic carbocycles. The Kier molecular flexibility index (Phi) is 3.96. The maximum Gasteiger partial charge on any atom is 0.453 e. The summed E-state index contributed by atoms with van der Waals surface area (Å²) in [6.45, 7) is 0. The molecule has 1 aromatic heterocycles. The van der Waals surface area contributed by atoms with E-state index in [1.807, 2.05) is 0 Å². The second-order valence-corrected chi connectivity index (χ2v) is 6.67. The smallest absolute Gasteiger partial charge is 0.352 e. The van der Waals surface area contributed by atoms with Gasteiger partial charge in [0, 0.05) is 6.04 Å². The van der Waals surface area contributed by atoms with E-state index >= 15 is 0 Å². The topological polar surface area (TPSA) is 85.8 Å². The third kappa shape index (κ3) is 3.47. The number of carbonyl (C=O) groups excluding carboxylic acids is 1. The molecule has 1 amide bonds. The zero-order valence-electron chi connectivity index (χ0n) is 11.6. The van der Waals surface area contributed by atoms with Gasteiger partial charge in [-0.3, -0.25) is 4.79 Å². The van der Waals surface area contributed by atoms with E-state index in [0.29, 0.717) is 16.5 Å². The van der Waals surface area contributed by atoms with E-state index in [2.05, 4.69) is 15.5 Å². The average Bonchev–Trinajstić information content (AvgIpc) is 3.32. The Morgan fingerprint density at radius 3 is 2.36 bits per heavy atom. The molecule has 10 heteroatoms. The molecule has 0 saturated heterocycles. The van der Waals surface area contributed by atoms with Crippen molar-refractivity contribution in [3.8, 4) is 0 Å². The van der Waals surface area contributed by atoms with E-state index in [0.717, 1.165) is 37.4 Å². The summed E-state index contributed by atoms with van der Waals surface area (Å²) in [5, 5.41) is 9.25. The predicted molar refractivity (Wildman–Crippen MR) is 73.3 cm³/mol. The largest absolute Gasteiger partial charge is 0.453 e. The minimum absolute atomic E-state index is 0.0247. The molecule has 3 rings (SSSR count). The van der Waals surface area contributed by atoms with Gasteiger partial charge in [-0.2, -0.15) is 13.2 Å². The van der Waals surface area contributed by atoms with Crippen molar-refractivity contribution in [2.45, 2.75) is 43.1 Å². The highest BCUT2D eigenvalue weighted by atomic mass is 32.2. The summed E-state index contributed by atoms with van der Waals surface area (Å²) in [6, 6.07) is 0.217. The average molecular weight is 335 g/mol.